The normalized spacial score (nSPS) is 10.0. The molecule has 0 saturated heterocycles. The lowest BCUT2D eigenvalue weighted by molar-refractivity contribution is -0.384. The second kappa shape index (κ2) is 8.91. The van der Waals surface area contributed by atoms with Gasteiger partial charge in [0.25, 0.3) is 5.69 Å². The molecule has 1 aromatic rings. The van der Waals surface area contributed by atoms with Gasteiger partial charge in [0, 0.05) is 44.3 Å². The average Bonchev–Trinajstić information content (AvgIpc) is 2.44. The lowest BCUT2D eigenvalue weighted by Crippen LogP contribution is -2.19. The fourth-order valence-corrected chi connectivity index (χ4v) is 1.58. The number of hydrogen-bond acceptors (Lipinski definition) is 5. The predicted molar refractivity (Wildman–Crippen MR) is 75.6 cm³/mol. The molecule has 6 heteroatoms. The molecule has 0 fully saturated rings. The highest BCUT2D eigenvalue weighted by Crippen LogP contribution is 2.24. The van der Waals surface area contributed by atoms with Gasteiger partial charge in [0.05, 0.1) is 18.1 Å². The van der Waals surface area contributed by atoms with Crippen molar-refractivity contribution in [2.75, 3.05) is 26.9 Å². The molecule has 20 heavy (non-hydrogen) atoms. The summed E-state index contributed by atoms with van der Waals surface area (Å²) in [4.78, 5) is 10.4. The number of hydrogen-bond donors (Lipinski definition) is 1. The summed E-state index contributed by atoms with van der Waals surface area (Å²) in [5, 5.41) is 13.9. The van der Waals surface area contributed by atoms with Gasteiger partial charge in [-0.3, -0.25) is 10.1 Å². The Labute approximate surface area is 118 Å². The van der Waals surface area contributed by atoms with Gasteiger partial charge in [0.1, 0.15) is 5.75 Å². The van der Waals surface area contributed by atoms with Gasteiger partial charge in [-0.05, 0) is 6.07 Å². The number of nitro groups is 1. The lowest BCUT2D eigenvalue weighted by atomic mass is 10.1. The Bertz CT molecular complexity index is 483. The number of nitrogens with zero attached hydrogens (tertiary/aromatic N) is 1. The molecule has 0 aliphatic heterocycles. The van der Waals surface area contributed by atoms with Crippen LogP contribution >= 0.6 is 0 Å². The maximum Gasteiger partial charge on any atom is 0.270 e. The van der Waals surface area contributed by atoms with E-state index in [0.29, 0.717) is 38.5 Å². The summed E-state index contributed by atoms with van der Waals surface area (Å²) in [6.07, 6.45) is 5.66. The maximum absolute atomic E-state index is 10.8. The smallest absolute Gasteiger partial charge is 0.270 e. The van der Waals surface area contributed by atoms with Crippen molar-refractivity contribution in [3.63, 3.8) is 0 Å². The van der Waals surface area contributed by atoms with Gasteiger partial charge in [-0.1, -0.05) is 0 Å². The third-order valence-electron chi connectivity index (χ3n) is 2.56. The van der Waals surface area contributed by atoms with Crippen LogP contribution in [0.2, 0.25) is 0 Å². The molecule has 1 aromatic carbocycles. The molecule has 0 amide bonds. The van der Waals surface area contributed by atoms with E-state index in [4.69, 9.17) is 15.9 Å². The SMILES string of the molecule is C#CCCOc1ccc([N+](=O)[O-])cc1CNCCOC. The molecule has 0 saturated carbocycles. The monoisotopic (exact) mass is 278 g/mol. The molecule has 0 aromatic heterocycles. The summed E-state index contributed by atoms with van der Waals surface area (Å²) < 4.78 is 10.5. The second-order valence-electron chi connectivity index (χ2n) is 4.02. The average molecular weight is 278 g/mol. The Morgan fingerprint density at radius 2 is 2.25 bits per heavy atom. The van der Waals surface area contributed by atoms with Gasteiger partial charge in [0.2, 0.25) is 0 Å². The van der Waals surface area contributed by atoms with Crippen LogP contribution in [0.3, 0.4) is 0 Å². The zero-order valence-electron chi connectivity index (χ0n) is 11.4. The number of benzene rings is 1. The van der Waals surface area contributed by atoms with Gasteiger partial charge in [-0.2, -0.15) is 0 Å². The van der Waals surface area contributed by atoms with Crippen LogP contribution in [-0.2, 0) is 11.3 Å². The van der Waals surface area contributed by atoms with Gasteiger partial charge >= 0.3 is 0 Å². The molecule has 1 N–H and O–H groups in total. The molecule has 0 heterocycles. The van der Waals surface area contributed by atoms with E-state index in [1.165, 1.54) is 12.1 Å². The molecule has 0 aliphatic carbocycles. The molecule has 0 unspecified atom stereocenters. The molecule has 6 nitrogen and oxygen atoms in total. The van der Waals surface area contributed by atoms with Crippen LogP contribution in [0.25, 0.3) is 0 Å². The van der Waals surface area contributed by atoms with Crippen molar-refractivity contribution in [3.05, 3.63) is 33.9 Å². The molecule has 0 bridgehead atoms. The van der Waals surface area contributed by atoms with E-state index in [9.17, 15) is 10.1 Å². The lowest BCUT2D eigenvalue weighted by Gasteiger charge is -2.11. The Morgan fingerprint density at radius 1 is 1.45 bits per heavy atom. The van der Waals surface area contributed by atoms with E-state index in [1.54, 1.807) is 13.2 Å². The molecule has 0 spiro atoms. The number of nitro benzene ring substituents is 1. The van der Waals surface area contributed by atoms with Crippen molar-refractivity contribution in [1.82, 2.24) is 5.32 Å². The molecular weight excluding hydrogens is 260 g/mol. The zero-order valence-corrected chi connectivity index (χ0v) is 11.4. The van der Waals surface area contributed by atoms with E-state index < -0.39 is 4.92 Å². The number of methoxy groups -OCH3 is 1. The fraction of sp³-hybridized carbons (Fsp3) is 0.429. The van der Waals surface area contributed by atoms with E-state index >= 15 is 0 Å². The van der Waals surface area contributed by atoms with Crippen molar-refractivity contribution >= 4 is 5.69 Å². The summed E-state index contributed by atoms with van der Waals surface area (Å²) in [6.45, 7) is 2.08. The predicted octanol–water partition coefficient (Wildman–Crippen LogP) is 1.73. The standard InChI is InChI=1S/C14H18N2O4/c1-3-4-8-20-14-6-5-13(16(17)18)10-12(14)11-15-7-9-19-2/h1,5-6,10,15H,4,7-9,11H2,2H3. The molecule has 1 rings (SSSR count). The summed E-state index contributed by atoms with van der Waals surface area (Å²) in [5.41, 5.74) is 0.769. The van der Waals surface area contributed by atoms with E-state index in [2.05, 4.69) is 11.2 Å². The van der Waals surface area contributed by atoms with Crippen LogP contribution in [0.5, 0.6) is 5.75 Å². The molecular formula is C14H18N2O4. The van der Waals surface area contributed by atoms with Crippen molar-refractivity contribution < 1.29 is 14.4 Å². The first-order valence-corrected chi connectivity index (χ1v) is 6.22. The Hall–Kier alpha value is -2.10. The first-order chi connectivity index (χ1) is 9.69. The summed E-state index contributed by atoms with van der Waals surface area (Å²) in [5.74, 6) is 3.09. The highest BCUT2D eigenvalue weighted by Gasteiger charge is 2.11. The minimum absolute atomic E-state index is 0.0397. The third kappa shape index (κ3) is 5.26. The zero-order chi connectivity index (χ0) is 14.8. The van der Waals surface area contributed by atoms with Gasteiger partial charge < -0.3 is 14.8 Å². The van der Waals surface area contributed by atoms with Crippen LogP contribution in [0.4, 0.5) is 5.69 Å². The molecule has 108 valence electrons. The molecule has 0 radical (unpaired) electrons. The van der Waals surface area contributed by atoms with Crippen LogP contribution in [0.1, 0.15) is 12.0 Å². The Morgan fingerprint density at radius 3 is 2.90 bits per heavy atom. The van der Waals surface area contributed by atoms with Crippen LogP contribution < -0.4 is 10.1 Å². The largest absolute Gasteiger partial charge is 0.492 e. The minimum Gasteiger partial charge on any atom is -0.492 e. The second-order valence-corrected chi connectivity index (χ2v) is 4.02. The number of non-ortho nitro benzene ring substituents is 1. The van der Waals surface area contributed by atoms with Gasteiger partial charge in [-0.15, -0.1) is 12.3 Å². The third-order valence-corrected chi connectivity index (χ3v) is 2.56. The van der Waals surface area contributed by atoms with Crippen molar-refractivity contribution in [2.45, 2.75) is 13.0 Å². The van der Waals surface area contributed by atoms with E-state index in [1.807, 2.05) is 0 Å². The highest BCUT2D eigenvalue weighted by molar-refractivity contribution is 5.43. The van der Waals surface area contributed by atoms with Gasteiger partial charge in [0.15, 0.2) is 0 Å². The fourth-order valence-electron chi connectivity index (χ4n) is 1.58. The Kier molecular flexibility index (Phi) is 7.11. The van der Waals surface area contributed by atoms with E-state index in [0.717, 1.165) is 5.56 Å². The van der Waals surface area contributed by atoms with Crippen molar-refractivity contribution in [1.29, 1.82) is 0 Å². The van der Waals surface area contributed by atoms with E-state index in [-0.39, 0.29) is 5.69 Å². The quantitative estimate of drug-likeness (QED) is 0.322. The molecule has 0 aliphatic rings. The summed E-state index contributed by atoms with van der Waals surface area (Å²) in [6, 6.07) is 4.52. The number of ether oxygens (including phenoxy) is 2. The minimum atomic E-state index is -0.427. The van der Waals surface area contributed by atoms with Crippen molar-refractivity contribution in [2.24, 2.45) is 0 Å². The maximum atomic E-state index is 10.8. The number of terminal acetylenes is 1. The highest BCUT2D eigenvalue weighted by atomic mass is 16.6. The summed E-state index contributed by atoms with van der Waals surface area (Å²) in [7, 11) is 1.61. The van der Waals surface area contributed by atoms with Gasteiger partial charge in [-0.25, -0.2) is 0 Å². The number of rotatable bonds is 9. The first-order valence-electron chi connectivity index (χ1n) is 6.22. The van der Waals surface area contributed by atoms with Crippen LogP contribution in [-0.4, -0.2) is 31.8 Å². The van der Waals surface area contributed by atoms with Crippen molar-refractivity contribution in [3.8, 4) is 18.1 Å². The number of nitrogens with one attached hydrogen (secondary N) is 1. The Balaban J connectivity index is 2.75. The summed E-state index contributed by atoms with van der Waals surface area (Å²) >= 11 is 0. The van der Waals surface area contributed by atoms with Crippen LogP contribution in [0.15, 0.2) is 18.2 Å². The van der Waals surface area contributed by atoms with Crippen LogP contribution in [0, 0.1) is 22.5 Å². The first kappa shape index (κ1) is 16.0. The molecule has 0 atom stereocenters. The topological polar surface area (TPSA) is 73.6 Å².